The Kier molecular flexibility index (Phi) is 10.8. The number of rotatable bonds is 11. The van der Waals surface area contributed by atoms with Crippen molar-refractivity contribution in [1.29, 1.82) is 0 Å². The summed E-state index contributed by atoms with van der Waals surface area (Å²) >= 11 is 3.28. The van der Waals surface area contributed by atoms with Crippen LogP contribution in [0.25, 0.3) is 10.9 Å². The maximum absolute atomic E-state index is 14.6. The fourth-order valence-corrected chi connectivity index (χ4v) is 4.90. The van der Waals surface area contributed by atoms with E-state index in [0.29, 0.717) is 66.1 Å². The first-order valence-corrected chi connectivity index (χ1v) is 15.1. The van der Waals surface area contributed by atoms with E-state index in [1.54, 1.807) is 17.0 Å². The number of amides is 2. The molecule has 0 saturated carbocycles. The minimum absolute atomic E-state index is 0.222. The van der Waals surface area contributed by atoms with E-state index < -0.39 is 11.4 Å². The zero-order chi connectivity index (χ0) is 31.0. The van der Waals surface area contributed by atoms with Gasteiger partial charge < -0.3 is 30.3 Å². The predicted octanol–water partition coefficient (Wildman–Crippen LogP) is 6.41. The number of benzene rings is 2. The summed E-state index contributed by atoms with van der Waals surface area (Å²) in [4.78, 5) is 34.5. The van der Waals surface area contributed by atoms with Crippen LogP contribution in [0.1, 0.15) is 40.0 Å². The van der Waals surface area contributed by atoms with Crippen molar-refractivity contribution in [1.82, 2.24) is 20.2 Å². The molecule has 2 heterocycles. The predicted molar refractivity (Wildman–Crippen MR) is 169 cm³/mol. The Bertz CT molecular complexity index is 1460. The molecule has 12 heteroatoms. The van der Waals surface area contributed by atoms with E-state index in [2.05, 4.69) is 48.4 Å². The minimum atomic E-state index is -0.529. The van der Waals surface area contributed by atoms with Gasteiger partial charge in [-0.15, -0.1) is 0 Å². The zero-order valence-electron chi connectivity index (χ0n) is 24.7. The number of carbonyl (C=O) groups excluding carboxylic acids is 2. The molecule has 1 aliphatic rings. The third kappa shape index (κ3) is 9.28. The van der Waals surface area contributed by atoms with Crippen molar-refractivity contribution in [3.05, 3.63) is 59.6 Å². The molecule has 2 amide bonds. The Morgan fingerprint density at radius 2 is 1.91 bits per heavy atom. The summed E-state index contributed by atoms with van der Waals surface area (Å²) in [5.41, 5.74) is 1.12. The number of carbonyl (C=O) groups is 2. The average Bonchev–Trinajstić information content (AvgIpc) is 2.96. The maximum atomic E-state index is 14.6. The van der Waals surface area contributed by atoms with Gasteiger partial charge in [0.1, 0.15) is 29.3 Å². The third-order valence-electron chi connectivity index (χ3n) is 6.82. The molecule has 0 unspecified atom stereocenters. The van der Waals surface area contributed by atoms with E-state index >= 15 is 0 Å². The molecule has 3 aromatic rings. The Balaban J connectivity index is 1.49. The fourth-order valence-electron chi connectivity index (χ4n) is 4.57. The Morgan fingerprint density at radius 3 is 2.60 bits per heavy atom. The van der Waals surface area contributed by atoms with E-state index in [-0.39, 0.29) is 23.6 Å². The molecule has 0 atom stereocenters. The zero-order valence-corrected chi connectivity index (χ0v) is 26.3. The van der Waals surface area contributed by atoms with Gasteiger partial charge in [-0.2, -0.15) is 0 Å². The number of hydrogen-bond acceptors (Lipinski definition) is 8. The number of piperidine rings is 1. The van der Waals surface area contributed by atoms with Gasteiger partial charge in [0.05, 0.1) is 23.5 Å². The third-order valence-corrected chi connectivity index (χ3v) is 7.31. The lowest BCUT2D eigenvalue weighted by molar-refractivity contribution is -0.116. The lowest BCUT2D eigenvalue weighted by Gasteiger charge is -2.33. The molecule has 0 spiro atoms. The number of nitrogens with one attached hydrogen (secondary N) is 3. The van der Waals surface area contributed by atoms with Crippen molar-refractivity contribution in [2.24, 2.45) is 5.92 Å². The second kappa shape index (κ2) is 14.5. The molecular weight excluding hydrogens is 619 g/mol. The summed E-state index contributed by atoms with van der Waals surface area (Å²) in [6.45, 7) is 11.8. The summed E-state index contributed by atoms with van der Waals surface area (Å²) in [5.74, 6) is 0.698. The Hall–Kier alpha value is -3.93. The van der Waals surface area contributed by atoms with Gasteiger partial charge in [-0.3, -0.25) is 4.79 Å². The molecule has 1 fully saturated rings. The highest BCUT2D eigenvalue weighted by Crippen LogP contribution is 2.35. The van der Waals surface area contributed by atoms with Gasteiger partial charge in [0.15, 0.2) is 0 Å². The van der Waals surface area contributed by atoms with Crippen LogP contribution in [-0.4, -0.2) is 65.3 Å². The lowest BCUT2D eigenvalue weighted by Crippen LogP contribution is -2.42. The molecule has 0 bridgehead atoms. The van der Waals surface area contributed by atoms with E-state index in [9.17, 15) is 14.0 Å². The number of halogens is 2. The van der Waals surface area contributed by atoms with Crippen molar-refractivity contribution in [3.63, 3.8) is 0 Å². The first kappa shape index (κ1) is 32.0. The minimum Gasteiger partial charge on any atom is -0.491 e. The van der Waals surface area contributed by atoms with E-state index in [1.165, 1.54) is 18.5 Å². The van der Waals surface area contributed by atoms with Crippen LogP contribution in [0.4, 0.5) is 26.4 Å². The van der Waals surface area contributed by atoms with E-state index in [0.717, 1.165) is 18.5 Å². The molecule has 1 aliphatic heterocycles. The average molecular weight is 658 g/mol. The Labute approximate surface area is 259 Å². The largest absolute Gasteiger partial charge is 0.491 e. The molecule has 0 radical (unpaired) electrons. The number of anilines is 3. The highest BCUT2D eigenvalue weighted by atomic mass is 79.9. The van der Waals surface area contributed by atoms with Crippen LogP contribution in [0.3, 0.4) is 0 Å². The topological polar surface area (TPSA) is 118 Å². The second-order valence-electron chi connectivity index (χ2n) is 11.3. The van der Waals surface area contributed by atoms with Crippen LogP contribution >= 0.6 is 15.9 Å². The first-order valence-electron chi connectivity index (χ1n) is 14.3. The monoisotopic (exact) mass is 656 g/mol. The van der Waals surface area contributed by atoms with Crippen LogP contribution in [0.15, 0.2) is 53.8 Å². The van der Waals surface area contributed by atoms with Crippen LogP contribution in [0.5, 0.6) is 5.75 Å². The molecule has 230 valence electrons. The smallest absolute Gasteiger partial charge is 0.410 e. The molecular formula is C31H38BrFN6O4. The van der Waals surface area contributed by atoms with Crippen LogP contribution in [0, 0.1) is 11.7 Å². The van der Waals surface area contributed by atoms with Crippen LogP contribution in [-0.2, 0) is 9.53 Å². The highest BCUT2D eigenvalue weighted by Gasteiger charge is 2.27. The molecule has 1 saturated heterocycles. The summed E-state index contributed by atoms with van der Waals surface area (Å²) < 4.78 is 27.1. The van der Waals surface area contributed by atoms with Gasteiger partial charge >= 0.3 is 6.09 Å². The van der Waals surface area contributed by atoms with Crippen molar-refractivity contribution in [2.45, 2.75) is 45.6 Å². The van der Waals surface area contributed by atoms with Crippen molar-refractivity contribution in [2.75, 3.05) is 43.4 Å². The molecule has 3 N–H and O–H groups in total. The summed E-state index contributed by atoms with van der Waals surface area (Å²) in [6, 6.07) is 8.50. The van der Waals surface area contributed by atoms with E-state index in [4.69, 9.17) is 9.47 Å². The van der Waals surface area contributed by atoms with Gasteiger partial charge in [-0.1, -0.05) is 22.5 Å². The number of likely N-dealkylation sites (tertiary alicyclic amines) is 1. The Morgan fingerprint density at radius 1 is 1.14 bits per heavy atom. The molecule has 2 aromatic carbocycles. The highest BCUT2D eigenvalue weighted by molar-refractivity contribution is 9.10. The fraction of sp³-hybridized carbons (Fsp3) is 0.419. The molecule has 0 aliphatic carbocycles. The van der Waals surface area contributed by atoms with Crippen LogP contribution in [0.2, 0.25) is 0 Å². The number of ether oxygens (including phenoxy) is 2. The van der Waals surface area contributed by atoms with E-state index in [1.807, 2.05) is 32.9 Å². The molecule has 10 nitrogen and oxygen atoms in total. The van der Waals surface area contributed by atoms with Gasteiger partial charge in [-0.05, 0) is 76.3 Å². The molecule has 43 heavy (non-hydrogen) atoms. The normalized spacial score (nSPS) is 13.8. The number of aromatic nitrogens is 2. The number of fused-ring (bicyclic) bond motifs is 1. The standard InChI is InChI=1S/C31H38BrFN6O4/c1-5-28(40)35-12-6-11-34-26-16-22-25(36-19-37-29(22)38-24-8-7-21(32)15-23(24)33)17-27(26)42-18-20-9-13-39(14-10-20)30(41)43-31(2,3)4/h5,7-8,15-17,19-20,34H,1,6,9-14,18H2,2-4H3,(H,35,40)(H,36,37,38). The van der Waals surface area contributed by atoms with Crippen molar-refractivity contribution in [3.8, 4) is 5.75 Å². The first-order chi connectivity index (χ1) is 20.5. The summed E-state index contributed by atoms with van der Waals surface area (Å²) in [6.07, 6.45) is 4.64. The second-order valence-corrected chi connectivity index (χ2v) is 12.2. The van der Waals surface area contributed by atoms with Crippen LogP contribution < -0.4 is 20.7 Å². The van der Waals surface area contributed by atoms with Gasteiger partial charge in [-0.25, -0.2) is 19.2 Å². The summed E-state index contributed by atoms with van der Waals surface area (Å²) in [7, 11) is 0. The number of hydrogen-bond donors (Lipinski definition) is 3. The van der Waals surface area contributed by atoms with Gasteiger partial charge in [0.25, 0.3) is 0 Å². The maximum Gasteiger partial charge on any atom is 0.410 e. The molecule has 1 aromatic heterocycles. The molecule has 4 rings (SSSR count). The van der Waals surface area contributed by atoms with Crippen molar-refractivity contribution < 1.29 is 23.5 Å². The van der Waals surface area contributed by atoms with Gasteiger partial charge in [0, 0.05) is 42.1 Å². The van der Waals surface area contributed by atoms with Gasteiger partial charge in [0.2, 0.25) is 5.91 Å². The number of nitrogens with zero attached hydrogens (tertiary/aromatic N) is 3. The SMILES string of the molecule is C=CC(=O)NCCCNc1cc2c(Nc3ccc(Br)cc3F)ncnc2cc1OCC1CCN(C(=O)OC(C)(C)C)CC1. The lowest BCUT2D eigenvalue weighted by atomic mass is 9.98. The van der Waals surface area contributed by atoms with Crippen molar-refractivity contribution >= 4 is 56.0 Å². The quantitative estimate of drug-likeness (QED) is 0.160. The summed E-state index contributed by atoms with van der Waals surface area (Å²) in [5, 5.41) is 9.94.